The summed E-state index contributed by atoms with van der Waals surface area (Å²) in [6.45, 7) is 6.08. The van der Waals surface area contributed by atoms with Gasteiger partial charge < -0.3 is 15.5 Å². The van der Waals surface area contributed by atoms with E-state index in [1.807, 2.05) is 0 Å². The minimum Gasteiger partial charge on any atom is -0.368 e. The number of nitrogen functional groups attached to an aromatic ring is 1. The largest absolute Gasteiger partial charge is 0.368 e. The van der Waals surface area contributed by atoms with E-state index in [-0.39, 0.29) is 0 Å². The zero-order chi connectivity index (χ0) is 18.9. The van der Waals surface area contributed by atoms with Gasteiger partial charge in [-0.1, -0.05) is 30.3 Å². The Bertz CT molecular complexity index is 809. The van der Waals surface area contributed by atoms with Gasteiger partial charge in [0.05, 0.1) is 5.69 Å². The standard InChI is InChI=1S/C23H31N5/c24-23-25-21-19(18-6-2-1-3-7-18)8-4-9-20(21)22(26-23)28-14-10-17(11-15-28)16-27-12-5-13-27/h1-3,6-7,17,19H,4-5,8-16H2,(H2,24,25,26). The Morgan fingerprint density at radius 1 is 0.929 bits per heavy atom. The lowest BCUT2D eigenvalue weighted by Crippen LogP contribution is -2.44. The van der Waals surface area contributed by atoms with Crippen molar-refractivity contribution in [2.24, 2.45) is 5.92 Å². The summed E-state index contributed by atoms with van der Waals surface area (Å²) in [6, 6.07) is 10.8. The summed E-state index contributed by atoms with van der Waals surface area (Å²) < 4.78 is 0. The number of anilines is 2. The lowest BCUT2D eigenvalue weighted by Gasteiger charge is -2.39. The first kappa shape index (κ1) is 17.9. The topological polar surface area (TPSA) is 58.3 Å². The Kier molecular flexibility index (Phi) is 4.93. The second-order valence-corrected chi connectivity index (χ2v) is 8.71. The van der Waals surface area contributed by atoms with E-state index in [9.17, 15) is 0 Å². The Hall–Kier alpha value is -2.14. The van der Waals surface area contributed by atoms with Crippen LogP contribution in [0.5, 0.6) is 0 Å². The first-order chi connectivity index (χ1) is 13.8. The molecule has 2 aliphatic heterocycles. The molecule has 2 N–H and O–H groups in total. The fraction of sp³-hybridized carbons (Fsp3) is 0.565. The fourth-order valence-corrected chi connectivity index (χ4v) is 5.18. The van der Waals surface area contributed by atoms with Crippen LogP contribution in [0, 0.1) is 5.92 Å². The number of aromatic nitrogens is 2. The van der Waals surface area contributed by atoms with E-state index in [4.69, 9.17) is 15.7 Å². The molecule has 28 heavy (non-hydrogen) atoms. The number of piperidine rings is 1. The maximum atomic E-state index is 6.19. The number of likely N-dealkylation sites (tertiary alicyclic amines) is 1. The second kappa shape index (κ2) is 7.70. The molecule has 1 aromatic carbocycles. The van der Waals surface area contributed by atoms with Crippen molar-refractivity contribution in [3.63, 3.8) is 0 Å². The van der Waals surface area contributed by atoms with Crippen molar-refractivity contribution in [3.05, 3.63) is 47.2 Å². The summed E-state index contributed by atoms with van der Waals surface area (Å²) in [5.74, 6) is 2.73. The third kappa shape index (κ3) is 3.48. The minimum atomic E-state index is 0.345. The third-order valence-corrected chi connectivity index (χ3v) is 6.87. The normalized spacial score (nSPS) is 23.3. The predicted octanol–water partition coefficient (Wildman–Crippen LogP) is 3.45. The Morgan fingerprint density at radius 3 is 2.43 bits per heavy atom. The van der Waals surface area contributed by atoms with Crippen molar-refractivity contribution in [2.75, 3.05) is 43.4 Å². The number of nitrogens with zero attached hydrogens (tertiary/aromatic N) is 4. The van der Waals surface area contributed by atoms with Crippen molar-refractivity contribution >= 4 is 11.8 Å². The highest BCUT2D eigenvalue weighted by Gasteiger charge is 2.30. The highest BCUT2D eigenvalue weighted by molar-refractivity contribution is 5.55. The average molecular weight is 378 g/mol. The molecule has 0 spiro atoms. The van der Waals surface area contributed by atoms with Crippen molar-refractivity contribution in [2.45, 2.75) is 44.4 Å². The molecule has 3 heterocycles. The molecule has 1 unspecified atom stereocenters. The molecular weight excluding hydrogens is 346 g/mol. The molecule has 1 aliphatic carbocycles. The molecule has 1 atom stereocenters. The molecule has 0 bridgehead atoms. The highest BCUT2D eigenvalue weighted by Crippen LogP contribution is 2.40. The lowest BCUT2D eigenvalue weighted by atomic mass is 9.82. The van der Waals surface area contributed by atoms with Gasteiger partial charge in [-0.3, -0.25) is 0 Å². The lowest BCUT2D eigenvalue weighted by molar-refractivity contribution is 0.141. The SMILES string of the molecule is Nc1nc2c(c(N3CCC(CN4CCC4)CC3)n1)CCCC2c1ccccc1. The van der Waals surface area contributed by atoms with Gasteiger partial charge in [0.2, 0.25) is 5.95 Å². The maximum Gasteiger partial charge on any atom is 0.222 e. The summed E-state index contributed by atoms with van der Waals surface area (Å²) >= 11 is 0. The minimum absolute atomic E-state index is 0.345. The van der Waals surface area contributed by atoms with Gasteiger partial charge in [0, 0.05) is 31.1 Å². The molecule has 0 saturated carbocycles. The number of fused-ring (bicyclic) bond motifs is 1. The molecule has 2 fully saturated rings. The summed E-state index contributed by atoms with van der Waals surface area (Å²) in [6.07, 6.45) is 7.31. The molecule has 1 aromatic heterocycles. The quantitative estimate of drug-likeness (QED) is 0.884. The van der Waals surface area contributed by atoms with Crippen molar-refractivity contribution in [3.8, 4) is 0 Å². The monoisotopic (exact) mass is 377 g/mol. The maximum absolute atomic E-state index is 6.19. The smallest absolute Gasteiger partial charge is 0.222 e. The Balaban J connectivity index is 1.38. The van der Waals surface area contributed by atoms with Crippen molar-refractivity contribution < 1.29 is 0 Å². The van der Waals surface area contributed by atoms with Gasteiger partial charge in [0.15, 0.2) is 0 Å². The van der Waals surface area contributed by atoms with Crippen LogP contribution in [0.1, 0.15) is 54.8 Å². The van der Waals surface area contributed by atoms with Crippen LogP contribution in [0.25, 0.3) is 0 Å². The van der Waals surface area contributed by atoms with E-state index >= 15 is 0 Å². The Labute approximate surface area is 168 Å². The van der Waals surface area contributed by atoms with Crippen LogP contribution in [0.4, 0.5) is 11.8 Å². The number of rotatable bonds is 4. The van der Waals surface area contributed by atoms with E-state index in [1.165, 1.54) is 62.1 Å². The van der Waals surface area contributed by atoms with Crippen LogP contribution in [0.15, 0.2) is 30.3 Å². The fourth-order valence-electron chi connectivity index (χ4n) is 5.18. The first-order valence-corrected chi connectivity index (χ1v) is 11.0. The Morgan fingerprint density at radius 2 is 1.71 bits per heavy atom. The highest BCUT2D eigenvalue weighted by atomic mass is 15.2. The molecule has 5 nitrogen and oxygen atoms in total. The van der Waals surface area contributed by atoms with Gasteiger partial charge in [-0.15, -0.1) is 0 Å². The summed E-state index contributed by atoms with van der Waals surface area (Å²) in [5, 5.41) is 0. The van der Waals surface area contributed by atoms with E-state index in [0.717, 1.165) is 37.7 Å². The van der Waals surface area contributed by atoms with Crippen LogP contribution >= 0.6 is 0 Å². The van der Waals surface area contributed by atoms with Crippen molar-refractivity contribution in [1.29, 1.82) is 0 Å². The van der Waals surface area contributed by atoms with E-state index in [1.54, 1.807) is 0 Å². The van der Waals surface area contributed by atoms with E-state index in [0.29, 0.717) is 11.9 Å². The molecule has 2 aromatic rings. The van der Waals surface area contributed by atoms with Gasteiger partial charge in [0.25, 0.3) is 0 Å². The third-order valence-electron chi connectivity index (χ3n) is 6.87. The summed E-state index contributed by atoms with van der Waals surface area (Å²) in [7, 11) is 0. The predicted molar refractivity (Wildman–Crippen MR) is 114 cm³/mol. The second-order valence-electron chi connectivity index (χ2n) is 8.71. The molecule has 3 aliphatic rings. The molecule has 5 heteroatoms. The number of hydrogen-bond donors (Lipinski definition) is 1. The molecule has 5 rings (SSSR count). The molecule has 2 saturated heterocycles. The summed E-state index contributed by atoms with van der Waals surface area (Å²) in [5.41, 5.74) is 10.1. The van der Waals surface area contributed by atoms with Crippen LogP contribution < -0.4 is 10.6 Å². The van der Waals surface area contributed by atoms with Crippen LogP contribution in [-0.4, -0.2) is 47.6 Å². The van der Waals surface area contributed by atoms with E-state index < -0.39 is 0 Å². The van der Waals surface area contributed by atoms with E-state index in [2.05, 4.69) is 40.1 Å². The molecule has 0 amide bonds. The van der Waals surface area contributed by atoms with Gasteiger partial charge in [-0.25, -0.2) is 4.98 Å². The van der Waals surface area contributed by atoms with Crippen molar-refractivity contribution in [1.82, 2.24) is 14.9 Å². The van der Waals surface area contributed by atoms with Gasteiger partial charge >= 0.3 is 0 Å². The van der Waals surface area contributed by atoms with Crippen LogP contribution in [0.3, 0.4) is 0 Å². The van der Waals surface area contributed by atoms with Gasteiger partial charge in [-0.2, -0.15) is 4.98 Å². The van der Waals surface area contributed by atoms with Gasteiger partial charge in [0.1, 0.15) is 5.82 Å². The number of hydrogen-bond acceptors (Lipinski definition) is 5. The molecular formula is C23H31N5. The van der Waals surface area contributed by atoms with Gasteiger partial charge in [-0.05, 0) is 63.1 Å². The zero-order valence-corrected chi connectivity index (χ0v) is 16.7. The zero-order valence-electron chi connectivity index (χ0n) is 16.7. The average Bonchev–Trinajstić information content (AvgIpc) is 2.71. The molecule has 0 radical (unpaired) electrons. The number of benzene rings is 1. The first-order valence-electron chi connectivity index (χ1n) is 11.0. The molecule has 148 valence electrons. The van der Waals surface area contributed by atoms with Crippen LogP contribution in [-0.2, 0) is 6.42 Å². The summed E-state index contributed by atoms with van der Waals surface area (Å²) in [4.78, 5) is 14.6. The van der Waals surface area contributed by atoms with Crippen LogP contribution in [0.2, 0.25) is 0 Å². The number of nitrogens with two attached hydrogens (primary N) is 1.